The molecule has 6 heteroatoms. The number of benzene rings is 1. The largest absolute Gasteiger partial charge is 0.397 e. The summed E-state index contributed by atoms with van der Waals surface area (Å²) in [4.78, 5) is 21.4. The number of nitrogens with one attached hydrogen (secondary N) is 2. The van der Waals surface area contributed by atoms with Crippen molar-refractivity contribution in [1.82, 2.24) is 14.9 Å². The highest BCUT2D eigenvalue weighted by atomic mass is 16.2. The van der Waals surface area contributed by atoms with E-state index >= 15 is 0 Å². The number of amides is 2. The molecule has 23 heavy (non-hydrogen) atoms. The number of carbonyl (C=O) groups excluding carboxylic acids is 1. The second-order valence-corrected chi connectivity index (χ2v) is 5.81. The highest BCUT2D eigenvalue weighted by Gasteiger charge is 2.31. The van der Waals surface area contributed by atoms with E-state index in [-0.39, 0.29) is 6.03 Å². The number of rotatable bonds is 2. The normalized spacial score (nSPS) is 14.7. The van der Waals surface area contributed by atoms with E-state index in [1.54, 1.807) is 23.4 Å². The standard InChI is InChI=1S/C17H17N5O/c18-13-6-14-15(8-20-16(14)19-7-13)21-17(23)22-9-12(10-22)11-4-2-1-3-5-11/h1-8,12H,9-10,18H2,(H,19,20)(H,21,23). The van der Waals surface area contributed by atoms with Crippen LogP contribution in [0.4, 0.5) is 16.2 Å². The number of aromatic nitrogens is 2. The molecule has 4 N–H and O–H groups in total. The fraction of sp³-hybridized carbons (Fsp3) is 0.176. The van der Waals surface area contributed by atoms with Crippen molar-refractivity contribution in [3.05, 3.63) is 54.4 Å². The average Bonchev–Trinajstić information content (AvgIpc) is 2.89. The molecule has 0 saturated carbocycles. The number of anilines is 2. The first kappa shape index (κ1) is 13.6. The van der Waals surface area contributed by atoms with E-state index in [1.165, 1.54) is 5.56 Å². The van der Waals surface area contributed by atoms with Gasteiger partial charge in [0, 0.05) is 30.6 Å². The molecule has 2 aromatic heterocycles. The summed E-state index contributed by atoms with van der Waals surface area (Å²) in [6, 6.07) is 12.0. The lowest BCUT2D eigenvalue weighted by molar-refractivity contribution is 0.164. The van der Waals surface area contributed by atoms with Gasteiger partial charge in [0.15, 0.2) is 0 Å². The molecule has 0 aliphatic carbocycles. The zero-order valence-corrected chi connectivity index (χ0v) is 12.5. The Kier molecular flexibility index (Phi) is 3.15. The lowest BCUT2D eigenvalue weighted by Gasteiger charge is -2.39. The first-order valence-corrected chi connectivity index (χ1v) is 7.54. The maximum atomic E-state index is 12.3. The number of H-pyrrole nitrogens is 1. The molecule has 116 valence electrons. The average molecular weight is 307 g/mol. The van der Waals surface area contributed by atoms with Gasteiger partial charge in [-0.3, -0.25) is 0 Å². The fourth-order valence-corrected chi connectivity index (χ4v) is 2.90. The van der Waals surface area contributed by atoms with E-state index in [2.05, 4.69) is 27.4 Å². The highest BCUT2D eigenvalue weighted by molar-refractivity contribution is 6.00. The van der Waals surface area contributed by atoms with Crippen molar-refractivity contribution in [2.75, 3.05) is 24.1 Å². The Balaban J connectivity index is 1.44. The van der Waals surface area contributed by atoms with Gasteiger partial charge in [-0.15, -0.1) is 0 Å². The van der Waals surface area contributed by atoms with Crippen LogP contribution in [0.25, 0.3) is 11.0 Å². The fourth-order valence-electron chi connectivity index (χ4n) is 2.90. The van der Waals surface area contributed by atoms with Gasteiger partial charge in [0.25, 0.3) is 0 Å². The van der Waals surface area contributed by atoms with Crippen LogP contribution < -0.4 is 11.1 Å². The van der Waals surface area contributed by atoms with Crippen LogP contribution in [0.3, 0.4) is 0 Å². The Morgan fingerprint density at radius 1 is 1.30 bits per heavy atom. The maximum Gasteiger partial charge on any atom is 0.321 e. The quantitative estimate of drug-likeness (QED) is 0.680. The zero-order valence-electron chi connectivity index (χ0n) is 12.5. The van der Waals surface area contributed by atoms with Crippen LogP contribution in [0.15, 0.2) is 48.8 Å². The number of nitrogens with two attached hydrogens (primary N) is 1. The van der Waals surface area contributed by atoms with Gasteiger partial charge in [-0.1, -0.05) is 30.3 Å². The Morgan fingerprint density at radius 2 is 2.09 bits per heavy atom. The van der Waals surface area contributed by atoms with Gasteiger partial charge in [0.05, 0.1) is 17.6 Å². The van der Waals surface area contributed by atoms with E-state index in [1.807, 2.05) is 18.2 Å². The number of pyridine rings is 1. The Labute approximate surface area is 133 Å². The summed E-state index contributed by atoms with van der Waals surface area (Å²) in [5, 5.41) is 3.74. The molecule has 0 unspecified atom stereocenters. The summed E-state index contributed by atoms with van der Waals surface area (Å²) in [5.41, 5.74) is 9.02. The molecule has 1 fully saturated rings. The van der Waals surface area contributed by atoms with Gasteiger partial charge in [-0.2, -0.15) is 0 Å². The number of aromatic amines is 1. The lowest BCUT2D eigenvalue weighted by Crippen LogP contribution is -2.50. The van der Waals surface area contributed by atoms with Crippen molar-refractivity contribution in [2.24, 2.45) is 0 Å². The summed E-state index contributed by atoms with van der Waals surface area (Å²) in [5.74, 6) is 0.419. The number of likely N-dealkylation sites (tertiary alicyclic amines) is 1. The Morgan fingerprint density at radius 3 is 2.87 bits per heavy atom. The van der Waals surface area contributed by atoms with Crippen LogP contribution in [0, 0.1) is 0 Å². The van der Waals surface area contributed by atoms with Crippen molar-refractivity contribution in [2.45, 2.75) is 5.92 Å². The number of fused-ring (bicyclic) bond motifs is 1. The molecular weight excluding hydrogens is 290 g/mol. The predicted molar refractivity (Wildman–Crippen MR) is 90.3 cm³/mol. The van der Waals surface area contributed by atoms with Gasteiger partial charge in [-0.05, 0) is 11.6 Å². The Hall–Kier alpha value is -3.02. The van der Waals surface area contributed by atoms with Crippen LogP contribution in [-0.2, 0) is 0 Å². The van der Waals surface area contributed by atoms with E-state index in [0.29, 0.717) is 22.9 Å². The first-order valence-electron chi connectivity index (χ1n) is 7.54. The SMILES string of the molecule is Nc1cnc2[nH]cc(NC(=O)N3CC(c4ccccc4)C3)c2c1. The molecular formula is C17H17N5O. The van der Waals surface area contributed by atoms with Crippen LogP contribution >= 0.6 is 0 Å². The van der Waals surface area contributed by atoms with Gasteiger partial charge in [-0.25, -0.2) is 9.78 Å². The van der Waals surface area contributed by atoms with Crippen LogP contribution in [0.5, 0.6) is 0 Å². The molecule has 0 bridgehead atoms. The minimum atomic E-state index is -0.0968. The number of hydrogen-bond acceptors (Lipinski definition) is 3. The molecule has 1 saturated heterocycles. The lowest BCUT2D eigenvalue weighted by atomic mass is 9.92. The van der Waals surface area contributed by atoms with Gasteiger partial charge in [0.2, 0.25) is 0 Å². The third kappa shape index (κ3) is 2.48. The maximum absolute atomic E-state index is 12.3. The smallest absolute Gasteiger partial charge is 0.321 e. The van der Waals surface area contributed by atoms with Crippen LogP contribution in [0.1, 0.15) is 11.5 Å². The van der Waals surface area contributed by atoms with Gasteiger partial charge >= 0.3 is 6.03 Å². The Bertz CT molecular complexity index is 852. The van der Waals surface area contributed by atoms with E-state index in [9.17, 15) is 4.79 Å². The van der Waals surface area contributed by atoms with Crippen molar-refractivity contribution >= 4 is 28.4 Å². The van der Waals surface area contributed by atoms with Crippen molar-refractivity contribution in [3.8, 4) is 0 Å². The van der Waals surface area contributed by atoms with Gasteiger partial charge in [0.1, 0.15) is 5.65 Å². The predicted octanol–water partition coefficient (Wildman–Crippen LogP) is 2.78. The van der Waals surface area contributed by atoms with Crippen LogP contribution in [-0.4, -0.2) is 34.0 Å². The second-order valence-electron chi connectivity index (χ2n) is 5.81. The first-order chi connectivity index (χ1) is 11.2. The molecule has 3 heterocycles. The number of nitrogens with zero attached hydrogens (tertiary/aromatic N) is 2. The number of nitrogen functional groups attached to an aromatic ring is 1. The van der Waals surface area contributed by atoms with Crippen molar-refractivity contribution in [3.63, 3.8) is 0 Å². The van der Waals surface area contributed by atoms with Crippen LogP contribution in [0.2, 0.25) is 0 Å². The minimum absolute atomic E-state index is 0.0968. The van der Waals surface area contributed by atoms with E-state index in [0.717, 1.165) is 18.5 Å². The number of hydrogen-bond donors (Lipinski definition) is 3. The summed E-state index contributed by atoms with van der Waals surface area (Å²) in [6.45, 7) is 1.47. The second kappa shape index (κ2) is 5.31. The molecule has 0 radical (unpaired) electrons. The summed E-state index contributed by atoms with van der Waals surface area (Å²) in [7, 11) is 0. The highest BCUT2D eigenvalue weighted by Crippen LogP contribution is 2.28. The summed E-state index contributed by atoms with van der Waals surface area (Å²) >= 11 is 0. The molecule has 6 nitrogen and oxygen atoms in total. The van der Waals surface area contributed by atoms with E-state index in [4.69, 9.17) is 5.73 Å². The van der Waals surface area contributed by atoms with E-state index < -0.39 is 0 Å². The molecule has 1 aromatic carbocycles. The molecule has 0 atom stereocenters. The zero-order chi connectivity index (χ0) is 15.8. The molecule has 4 rings (SSSR count). The van der Waals surface area contributed by atoms with Crippen molar-refractivity contribution in [1.29, 1.82) is 0 Å². The molecule has 1 aliphatic rings. The summed E-state index contributed by atoms with van der Waals surface area (Å²) in [6.07, 6.45) is 3.33. The molecule has 2 amide bonds. The topological polar surface area (TPSA) is 87.0 Å². The van der Waals surface area contributed by atoms with Gasteiger partial charge < -0.3 is 20.9 Å². The number of carbonyl (C=O) groups is 1. The molecule has 3 aromatic rings. The number of urea groups is 1. The monoisotopic (exact) mass is 307 g/mol. The molecule has 1 aliphatic heterocycles. The summed E-state index contributed by atoms with van der Waals surface area (Å²) < 4.78 is 0. The minimum Gasteiger partial charge on any atom is -0.397 e. The van der Waals surface area contributed by atoms with Crippen molar-refractivity contribution < 1.29 is 4.79 Å². The third-order valence-corrected chi connectivity index (χ3v) is 4.23. The third-order valence-electron chi connectivity index (χ3n) is 4.23. The molecule has 0 spiro atoms.